The van der Waals surface area contributed by atoms with Crippen molar-refractivity contribution in [3.8, 4) is 11.5 Å². The zero-order valence-corrected chi connectivity index (χ0v) is 18.9. The second-order valence-electron chi connectivity index (χ2n) is 6.65. The van der Waals surface area contributed by atoms with Crippen molar-refractivity contribution < 1.29 is 9.47 Å². The van der Waals surface area contributed by atoms with Crippen molar-refractivity contribution in [1.29, 1.82) is 0 Å². The van der Waals surface area contributed by atoms with Crippen molar-refractivity contribution in [3.63, 3.8) is 0 Å². The van der Waals surface area contributed by atoms with Crippen LogP contribution < -0.4 is 20.1 Å². The molecule has 0 saturated carbocycles. The van der Waals surface area contributed by atoms with Gasteiger partial charge in [0.05, 0.1) is 17.6 Å². The number of ether oxygens (including phenoxy) is 2. The molecule has 0 saturated heterocycles. The molecule has 1 atom stereocenters. The highest BCUT2D eigenvalue weighted by molar-refractivity contribution is 14.0. The minimum Gasteiger partial charge on any atom is -0.486 e. The summed E-state index contributed by atoms with van der Waals surface area (Å²) in [4.78, 5) is 9.36. The lowest BCUT2D eigenvalue weighted by Gasteiger charge is -2.27. The van der Waals surface area contributed by atoms with Gasteiger partial charge in [0.2, 0.25) is 0 Å². The van der Waals surface area contributed by atoms with Gasteiger partial charge in [-0.25, -0.2) is 9.98 Å². The van der Waals surface area contributed by atoms with E-state index in [-0.39, 0.29) is 30.1 Å². The first-order valence-electron chi connectivity index (χ1n) is 9.55. The first kappa shape index (κ1) is 21.2. The minimum absolute atomic E-state index is 0. The van der Waals surface area contributed by atoms with Crippen LogP contribution in [0, 0.1) is 0 Å². The molecule has 0 amide bonds. The Morgan fingerprint density at radius 1 is 1.14 bits per heavy atom. The number of aliphatic imine (C=N–C) groups is 1. The molecular weight excluding hydrogens is 481 g/mol. The maximum absolute atomic E-state index is 6.00. The number of imidazole rings is 1. The fraction of sp³-hybridized carbons (Fsp3) is 0.333. The summed E-state index contributed by atoms with van der Waals surface area (Å²) in [6.07, 6.45) is -0.0745. The van der Waals surface area contributed by atoms with Gasteiger partial charge in [-0.2, -0.15) is 0 Å². The highest BCUT2D eigenvalue weighted by atomic mass is 127. The molecule has 0 radical (unpaired) electrons. The summed E-state index contributed by atoms with van der Waals surface area (Å²) >= 11 is 0. The summed E-state index contributed by atoms with van der Waals surface area (Å²) in [5, 5.41) is 6.61. The Labute approximate surface area is 187 Å². The van der Waals surface area contributed by atoms with Crippen molar-refractivity contribution in [2.75, 3.05) is 19.7 Å². The third kappa shape index (κ3) is 4.92. The predicted octanol–water partition coefficient (Wildman–Crippen LogP) is 3.09. The van der Waals surface area contributed by atoms with Crippen molar-refractivity contribution in [2.24, 2.45) is 12.0 Å². The van der Waals surface area contributed by atoms with E-state index in [2.05, 4.69) is 31.2 Å². The zero-order valence-electron chi connectivity index (χ0n) is 16.6. The molecule has 1 unspecified atom stereocenters. The molecule has 0 spiro atoms. The normalized spacial score (nSPS) is 15.7. The van der Waals surface area contributed by atoms with Crippen molar-refractivity contribution in [2.45, 2.75) is 19.6 Å². The summed E-state index contributed by atoms with van der Waals surface area (Å²) in [6, 6.07) is 15.8. The van der Waals surface area contributed by atoms with E-state index >= 15 is 0 Å². The number of fused-ring (bicyclic) bond motifs is 2. The van der Waals surface area contributed by atoms with Crippen LogP contribution in [0.3, 0.4) is 0 Å². The lowest BCUT2D eigenvalue weighted by atomic mass is 10.2. The number of hydrogen-bond acceptors (Lipinski definition) is 4. The highest BCUT2D eigenvalue weighted by Gasteiger charge is 2.20. The Kier molecular flexibility index (Phi) is 7.18. The van der Waals surface area contributed by atoms with Gasteiger partial charge in [0.25, 0.3) is 0 Å². The van der Waals surface area contributed by atoms with Crippen molar-refractivity contribution in [3.05, 3.63) is 54.4 Å². The van der Waals surface area contributed by atoms with Crippen LogP contribution in [0.2, 0.25) is 0 Å². The topological polar surface area (TPSA) is 72.7 Å². The molecule has 0 fully saturated rings. The van der Waals surface area contributed by atoms with Gasteiger partial charge in [-0.3, -0.25) is 0 Å². The molecule has 4 rings (SSSR count). The second kappa shape index (κ2) is 9.82. The van der Waals surface area contributed by atoms with Crippen LogP contribution in [-0.2, 0) is 13.6 Å². The lowest BCUT2D eigenvalue weighted by Crippen LogP contribution is -2.45. The Morgan fingerprint density at radius 3 is 2.69 bits per heavy atom. The predicted molar refractivity (Wildman–Crippen MR) is 125 cm³/mol. The molecule has 0 bridgehead atoms. The Morgan fingerprint density at radius 2 is 1.90 bits per heavy atom. The summed E-state index contributed by atoms with van der Waals surface area (Å²) < 4.78 is 13.8. The van der Waals surface area contributed by atoms with Gasteiger partial charge in [-0.05, 0) is 31.2 Å². The average molecular weight is 507 g/mol. The van der Waals surface area contributed by atoms with Crippen LogP contribution in [0.5, 0.6) is 11.5 Å². The SMILES string of the molecule is CCNC(=NCc1nc2ccccc2n1C)NCC1COc2ccccc2O1.I. The smallest absolute Gasteiger partial charge is 0.191 e. The van der Waals surface area contributed by atoms with Gasteiger partial charge >= 0.3 is 0 Å². The van der Waals surface area contributed by atoms with Crippen LogP contribution in [0.15, 0.2) is 53.5 Å². The molecule has 3 aromatic rings. The van der Waals surface area contributed by atoms with Crippen molar-refractivity contribution >= 4 is 41.0 Å². The van der Waals surface area contributed by atoms with Crippen molar-refractivity contribution in [1.82, 2.24) is 20.2 Å². The lowest BCUT2D eigenvalue weighted by molar-refractivity contribution is 0.0936. The van der Waals surface area contributed by atoms with Crippen LogP contribution in [-0.4, -0.2) is 41.3 Å². The summed E-state index contributed by atoms with van der Waals surface area (Å²) in [7, 11) is 2.02. The quantitative estimate of drug-likeness (QED) is 0.316. The second-order valence-corrected chi connectivity index (χ2v) is 6.65. The molecule has 7 nitrogen and oxygen atoms in total. The number of halogens is 1. The summed E-state index contributed by atoms with van der Waals surface area (Å²) in [5.74, 6) is 3.23. The Balaban J connectivity index is 0.00000240. The van der Waals surface area contributed by atoms with Crippen LogP contribution in [0.25, 0.3) is 11.0 Å². The van der Waals surface area contributed by atoms with Crippen LogP contribution in [0.1, 0.15) is 12.7 Å². The third-order valence-corrected chi connectivity index (χ3v) is 4.67. The maximum Gasteiger partial charge on any atom is 0.191 e. The fourth-order valence-corrected chi connectivity index (χ4v) is 3.20. The van der Waals surface area contributed by atoms with Gasteiger partial charge in [0.15, 0.2) is 17.5 Å². The Bertz CT molecular complexity index is 988. The van der Waals surface area contributed by atoms with E-state index < -0.39 is 0 Å². The molecule has 2 N–H and O–H groups in total. The van der Waals surface area contributed by atoms with Gasteiger partial charge < -0.3 is 24.7 Å². The maximum atomic E-state index is 6.00. The number of aromatic nitrogens is 2. The van der Waals surface area contributed by atoms with E-state index in [0.717, 1.165) is 40.9 Å². The van der Waals surface area contributed by atoms with E-state index in [9.17, 15) is 0 Å². The summed E-state index contributed by atoms with van der Waals surface area (Å²) in [5.41, 5.74) is 2.09. The summed E-state index contributed by atoms with van der Waals surface area (Å²) in [6.45, 7) is 4.42. The Hall–Kier alpha value is -2.49. The number of nitrogens with zero attached hydrogens (tertiary/aromatic N) is 3. The number of nitrogens with one attached hydrogen (secondary N) is 2. The number of guanidine groups is 1. The van der Waals surface area contributed by atoms with Crippen LogP contribution in [0.4, 0.5) is 0 Å². The standard InChI is InChI=1S/C21H25N5O2.HI/c1-3-22-21(23-12-15-14-27-18-10-6-7-11-19(18)28-15)24-13-20-25-16-8-4-5-9-17(16)26(20)2;/h4-11,15H,3,12-14H2,1-2H3,(H2,22,23,24);1H. The molecular formula is C21H26IN5O2. The number of rotatable bonds is 5. The monoisotopic (exact) mass is 507 g/mol. The van der Waals surface area contributed by atoms with Crippen LogP contribution >= 0.6 is 24.0 Å². The number of para-hydroxylation sites is 4. The minimum atomic E-state index is -0.0745. The molecule has 2 heterocycles. The fourth-order valence-electron chi connectivity index (χ4n) is 3.20. The largest absolute Gasteiger partial charge is 0.486 e. The van der Waals surface area contributed by atoms with E-state index in [4.69, 9.17) is 9.47 Å². The first-order valence-corrected chi connectivity index (χ1v) is 9.55. The van der Waals surface area contributed by atoms with Gasteiger partial charge in [0.1, 0.15) is 25.1 Å². The molecule has 29 heavy (non-hydrogen) atoms. The van der Waals surface area contributed by atoms with Gasteiger partial charge in [-0.1, -0.05) is 24.3 Å². The molecule has 1 aliphatic heterocycles. The third-order valence-electron chi connectivity index (χ3n) is 4.67. The average Bonchev–Trinajstić information content (AvgIpc) is 3.06. The first-order chi connectivity index (χ1) is 13.7. The number of benzene rings is 2. The molecule has 154 valence electrons. The zero-order chi connectivity index (χ0) is 19.3. The van der Waals surface area contributed by atoms with E-state index in [0.29, 0.717) is 19.7 Å². The number of hydrogen-bond donors (Lipinski definition) is 2. The van der Waals surface area contributed by atoms with Gasteiger partial charge in [-0.15, -0.1) is 24.0 Å². The number of aryl methyl sites for hydroxylation is 1. The van der Waals surface area contributed by atoms with Gasteiger partial charge in [0, 0.05) is 13.6 Å². The van der Waals surface area contributed by atoms with E-state index in [1.54, 1.807) is 0 Å². The molecule has 0 aliphatic carbocycles. The molecule has 1 aromatic heterocycles. The molecule has 1 aliphatic rings. The highest BCUT2D eigenvalue weighted by Crippen LogP contribution is 2.30. The molecule has 2 aromatic carbocycles. The van der Waals surface area contributed by atoms with E-state index in [1.807, 2.05) is 56.4 Å². The van der Waals surface area contributed by atoms with E-state index in [1.165, 1.54) is 0 Å². The molecule has 8 heteroatoms.